The molecule has 0 saturated carbocycles. The molecule has 0 saturated heterocycles. The van der Waals surface area contributed by atoms with Gasteiger partial charge in [0.25, 0.3) is 5.91 Å². The Morgan fingerprint density at radius 3 is 2.14 bits per heavy atom. The Morgan fingerprint density at radius 2 is 1.50 bits per heavy atom. The topological polar surface area (TPSA) is 88.0 Å². The average molecular weight is 374 g/mol. The lowest BCUT2D eigenvalue weighted by Crippen LogP contribution is -2.25. The maximum atomic E-state index is 12.0. The van der Waals surface area contributed by atoms with Crippen LogP contribution in [0.4, 0.5) is 0 Å². The highest BCUT2D eigenvalue weighted by atomic mass is 16.5. The van der Waals surface area contributed by atoms with Gasteiger partial charge in [-0.05, 0) is 47.5 Å². The first-order chi connectivity index (χ1) is 13.6. The minimum atomic E-state index is -1.29. The second-order valence-electron chi connectivity index (χ2n) is 5.87. The zero-order chi connectivity index (χ0) is 19.8. The first-order valence-corrected chi connectivity index (χ1v) is 8.57. The molecule has 0 aromatic heterocycles. The highest BCUT2D eigenvalue weighted by Crippen LogP contribution is 2.14. The highest BCUT2D eigenvalue weighted by molar-refractivity contribution is 5.91. The molecule has 0 aliphatic heterocycles. The standard InChI is InChI=1S/C22H18N2O4/c25-20(17-7-3-1-4-8-17)21(26)24-23-15-16-11-13-19(14-12-16)28-22(27)18-9-5-2-6-10-18/h1-15,20,25H,(H,24,26)/b23-15-/t20-/m1/s1. The Balaban J connectivity index is 1.54. The van der Waals surface area contributed by atoms with Gasteiger partial charge in [-0.15, -0.1) is 0 Å². The van der Waals surface area contributed by atoms with E-state index in [1.54, 1.807) is 78.9 Å². The first kappa shape index (κ1) is 19.0. The second-order valence-corrected chi connectivity index (χ2v) is 5.87. The molecule has 0 aliphatic carbocycles. The third-order valence-corrected chi connectivity index (χ3v) is 3.85. The summed E-state index contributed by atoms with van der Waals surface area (Å²) in [6.07, 6.45) is 0.136. The molecular formula is C22H18N2O4. The van der Waals surface area contributed by atoms with Gasteiger partial charge in [0.2, 0.25) is 0 Å². The van der Waals surface area contributed by atoms with Gasteiger partial charge < -0.3 is 9.84 Å². The minimum Gasteiger partial charge on any atom is -0.423 e. The molecule has 0 radical (unpaired) electrons. The van der Waals surface area contributed by atoms with Crippen LogP contribution in [0.5, 0.6) is 5.75 Å². The molecule has 1 amide bonds. The van der Waals surface area contributed by atoms with Crippen molar-refractivity contribution in [2.24, 2.45) is 5.10 Å². The summed E-state index contributed by atoms with van der Waals surface area (Å²) >= 11 is 0. The molecule has 140 valence electrons. The summed E-state index contributed by atoms with van der Waals surface area (Å²) in [5, 5.41) is 13.8. The van der Waals surface area contributed by atoms with E-state index in [9.17, 15) is 14.7 Å². The maximum Gasteiger partial charge on any atom is 0.343 e. The van der Waals surface area contributed by atoms with Crippen LogP contribution in [0.15, 0.2) is 90.0 Å². The van der Waals surface area contributed by atoms with Crippen molar-refractivity contribution < 1.29 is 19.4 Å². The van der Waals surface area contributed by atoms with E-state index in [1.807, 2.05) is 6.07 Å². The Bertz CT molecular complexity index is 955. The number of esters is 1. The van der Waals surface area contributed by atoms with Crippen molar-refractivity contribution in [3.05, 3.63) is 102 Å². The number of amides is 1. The summed E-state index contributed by atoms with van der Waals surface area (Å²) in [6, 6.07) is 23.9. The molecule has 3 aromatic rings. The molecule has 3 aromatic carbocycles. The number of nitrogens with zero attached hydrogens (tertiary/aromatic N) is 1. The van der Waals surface area contributed by atoms with Crippen molar-refractivity contribution in [3.8, 4) is 5.75 Å². The molecule has 6 heteroatoms. The normalized spacial score (nSPS) is 11.8. The van der Waals surface area contributed by atoms with E-state index in [1.165, 1.54) is 6.21 Å². The van der Waals surface area contributed by atoms with Crippen LogP contribution in [0.3, 0.4) is 0 Å². The van der Waals surface area contributed by atoms with Gasteiger partial charge >= 0.3 is 5.97 Å². The molecule has 0 spiro atoms. The zero-order valence-electron chi connectivity index (χ0n) is 14.9. The summed E-state index contributed by atoms with van der Waals surface area (Å²) in [4.78, 5) is 23.9. The number of nitrogens with one attached hydrogen (secondary N) is 1. The van der Waals surface area contributed by atoms with Crippen LogP contribution in [-0.4, -0.2) is 23.2 Å². The van der Waals surface area contributed by atoms with E-state index < -0.39 is 18.0 Å². The number of carbonyl (C=O) groups is 2. The van der Waals surface area contributed by atoms with Crippen molar-refractivity contribution in [1.82, 2.24) is 5.43 Å². The van der Waals surface area contributed by atoms with Crippen LogP contribution in [-0.2, 0) is 4.79 Å². The van der Waals surface area contributed by atoms with Crippen LogP contribution in [0, 0.1) is 0 Å². The SMILES string of the molecule is O=C(Oc1ccc(/C=N\NC(=O)[C@H](O)c2ccccc2)cc1)c1ccccc1. The fraction of sp³-hybridized carbons (Fsp3) is 0.0455. The number of ether oxygens (including phenoxy) is 1. The molecule has 6 nitrogen and oxygen atoms in total. The van der Waals surface area contributed by atoms with Crippen molar-refractivity contribution in [2.75, 3.05) is 0 Å². The molecule has 0 unspecified atom stereocenters. The summed E-state index contributed by atoms with van der Waals surface area (Å²) in [7, 11) is 0. The molecule has 0 fully saturated rings. The molecule has 3 rings (SSSR count). The number of hydrogen-bond donors (Lipinski definition) is 2. The predicted molar refractivity (Wildman–Crippen MR) is 105 cm³/mol. The van der Waals surface area contributed by atoms with Gasteiger partial charge in [-0.25, -0.2) is 10.2 Å². The predicted octanol–water partition coefficient (Wildman–Crippen LogP) is 3.09. The molecule has 2 N–H and O–H groups in total. The van der Waals surface area contributed by atoms with Gasteiger partial charge in [0.1, 0.15) is 5.75 Å². The number of hydrogen-bond acceptors (Lipinski definition) is 5. The number of aliphatic hydroxyl groups excluding tert-OH is 1. The van der Waals surface area contributed by atoms with Gasteiger partial charge in [0.15, 0.2) is 6.10 Å². The Labute approximate surface area is 162 Å². The number of rotatable bonds is 6. The fourth-order valence-corrected chi connectivity index (χ4v) is 2.38. The Morgan fingerprint density at radius 1 is 0.893 bits per heavy atom. The van der Waals surface area contributed by atoms with Crippen LogP contribution in [0.2, 0.25) is 0 Å². The van der Waals surface area contributed by atoms with E-state index >= 15 is 0 Å². The van der Waals surface area contributed by atoms with Gasteiger partial charge in [-0.2, -0.15) is 5.10 Å². The lowest BCUT2D eigenvalue weighted by Gasteiger charge is -2.08. The molecule has 1 atom stereocenters. The van der Waals surface area contributed by atoms with E-state index in [4.69, 9.17) is 4.74 Å². The van der Waals surface area contributed by atoms with Crippen molar-refractivity contribution in [1.29, 1.82) is 0 Å². The first-order valence-electron chi connectivity index (χ1n) is 8.57. The van der Waals surface area contributed by atoms with E-state index in [2.05, 4.69) is 10.5 Å². The minimum absolute atomic E-state index is 0.398. The zero-order valence-corrected chi connectivity index (χ0v) is 14.9. The summed E-state index contributed by atoms with van der Waals surface area (Å²) < 4.78 is 5.29. The van der Waals surface area contributed by atoms with E-state index in [0.717, 1.165) is 0 Å². The largest absolute Gasteiger partial charge is 0.423 e. The van der Waals surface area contributed by atoms with Crippen LogP contribution in [0.1, 0.15) is 27.6 Å². The fourth-order valence-electron chi connectivity index (χ4n) is 2.38. The number of benzene rings is 3. The number of hydrazone groups is 1. The van der Waals surface area contributed by atoms with E-state index in [-0.39, 0.29) is 0 Å². The molecule has 28 heavy (non-hydrogen) atoms. The molecular weight excluding hydrogens is 356 g/mol. The third-order valence-electron chi connectivity index (χ3n) is 3.85. The van der Waals surface area contributed by atoms with Crippen LogP contribution >= 0.6 is 0 Å². The summed E-state index contributed by atoms with van der Waals surface area (Å²) in [5.74, 6) is -0.672. The van der Waals surface area contributed by atoms with Gasteiger partial charge in [0.05, 0.1) is 11.8 Å². The van der Waals surface area contributed by atoms with Gasteiger partial charge in [0, 0.05) is 0 Å². The Hall–Kier alpha value is -3.77. The Kier molecular flexibility index (Phi) is 6.28. The van der Waals surface area contributed by atoms with Gasteiger partial charge in [-0.1, -0.05) is 48.5 Å². The number of aliphatic hydroxyl groups is 1. The van der Waals surface area contributed by atoms with Crippen LogP contribution < -0.4 is 10.2 Å². The van der Waals surface area contributed by atoms with Gasteiger partial charge in [-0.3, -0.25) is 4.79 Å². The average Bonchev–Trinajstić information content (AvgIpc) is 2.75. The van der Waals surface area contributed by atoms with E-state index in [0.29, 0.717) is 22.4 Å². The third kappa shape index (κ3) is 5.12. The number of carbonyl (C=O) groups excluding carboxylic acids is 2. The summed E-state index contributed by atoms with van der Waals surface area (Å²) in [6.45, 7) is 0. The summed E-state index contributed by atoms with van der Waals surface area (Å²) in [5.41, 5.74) is 3.93. The lowest BCUT2D eigenvalue weighted by atomic mass is 10.1. The quantitative estimate of drug-likeness (QED) is 0.300. The van der Waals surface area contributed by atoms with Crippen LogP contribution in [0.25, 0.3) is 0 Å². The molecule has 0 heterocycles. The molecule has 0 bridgehead atoms. The molecule has 0 aliphatic rings. The van der Waals surface area contributed by atoms with Crippen molar-refractivity contribution in [2.45, 2.75) is 6.10 Å². The van der Waals surface area contributed by atoms with Crippen molar-refractivity contribution >= 4 is 18.1 Å². The van der Waals surface area contributed by atoms with Crippen molar-refractivity contribution in [3.63, 3.8) is 0 Å². The highest BCUT2D eigenvalue weighted by Gasteiger charge is 2.15. The monoisotopic (exact) mass is 374 g/mol. The smallest absolute Gasteiger partial charge is 0.343 e. The lowest BCUT2D eigenvalue weighted by molar-refractivity contribution is -0.129. The maximum absolute atomic E-state index is 12.0. The second kappa shape index (κ2) is 9.25.